The van der Waals surface area contributed by atoms with Gasteiger partial charge in [-0.1, -0.05) is 0 Å². The number of methoxy groups -OCH3 is 1. The molecule has 0 aliphatic carbocycles. The summed E-state index contributed by atoms with van der Waals surface area (Å²) in [5.41, 5.74) is 0.467. The van der Waals surface area contributed by atoms with Crippen LogP contribution in [0, 0.1) is 0 Å². The molecule has 0 spiro atoms. The third-order valence-corrected chi connectivity index (χ3v) is 4.39. The van der Waals surface area contributed by atoms with Crippen molar-refractivity contribution in [1.82, 2.24) is 9.88 Å². The minimum atomic E-state index is -0.517. The quantitative estimate of drug-likeness (QED) is 0.775. The van der Waals surface area contributed by atoms with Crippen LogP contribution >= 0.6 is 0 Å². The van der Waals surface area contributed by atoms with E-state index in [2.05, 4.69) is 4.98 Å². The van der Waals surface area contributed by atoms with Crippen molar-refractivity contribution in [1.29, 1.82) is 0 Å². The number of esters is 1. The number of nitrogens with zero attached hydrogens (tertiary/aromatic N) is 2. The molecule has 130 valence electrons. The number of carbonyl (C=O) groups is 2. The number of hydrogen-bond acceptors (Lipinski definition) is 6. The molecule has 1 aromatic heterocycles. The molecule has 1 aromatic rings. The maximum atomic E-state index is 12.8. The summed E-state index contributed by atoms with van der Waals surface area (Å²) in [6.07, 6.45) is 4.77. The molecule has 2 atom stereocenters. The van der Waals surface area contributed by atoms with Gasteiger partial charge in [0.05, 0.1) is 20.3 Å². The largest absolute Gasteiger partial charge is 0.472 e. The molecule has 2 unspecified atom stereocenters. The Bertz CT molecular complexity index is 600. The van der Waals surface area contributed by atoms with E-state index in [0.29, 0.717) is 37.6 Å². The number of amides is 1. The van der Waals surface area contributed by atoms with Crippen LogP contribution in [0.3, 0.4) is 0 Å². The maximum absolute atomic E-state index is 12.8. The zero-order chi connectivity index (χ0) is 16.9. The van der Waals surface area contributed by atoms with E-state index >= 15 is 0 Å². The lowest BCUT2D eigenvalue weighted by atomic mass is 10.0. The topological polar surface area (TPSA) is 78.0 Å². The van der Waals surface area contributed by atoms with Crippen molar-refractivity contribution in [2.45, 2.75) is 37.8 Å². The van der Waals surface area contributed by atoms with E-state index in [1.807, 2.05) is 0 Å². The summed E-state index contributed by atoms with van der Waals surface area (Å²) in [5, 5.41) is 0. The number of hydrogen-bond donors (Lipinski definition) is 0. The lowest BCUT2D eigenvalue weighted by molar-refractivity contribution is -0.147. The van der Waals surface area contributed by atoms with Gasteiger partial charge in [0.15, 0.2) is 0 Å². The van der Waals surface area contributed by atoms with Gasteiger partial charge in [-0.05, 0) is 25.3 Å². The number of likely N-dealkylation sites (tertiary alicyclic amines) is 1. The van der Waals surface area contributed by atoms with Crippen molar-refractivity contribution in [2.75, 3.05) is 26.9 Å². The van der Waals surface area contributed by atoms with Gasteiger partial charge in [-0.15, -0.1) is 0 Å². The highest BCUT2D eigenvalue weighted by Gasteiger charge is 2.33. The van der Waals surface area contributed by atoms with Crippen molar-refractivity contribution >= 4 is 11.9 Å². The van der Waals surface area contributed by atoms with Crippen molar-refractivity contribution in [3.05, 3.63) is 23.9 Å². The van der Waals surface area contributed by atoms with Crippen LogP contribution < -0.4 is 4.74 Å². The van der Waals surface area contributed by atoms with Crippen LogP contribution in [0.25, 0.3) is 0 Å². The molecule has 2 fully saturated rings. The molecule has 2 aliphatic heterocycles. The van der Waals surface area contributed by atoms with Gasteiger partial charge in [0.25, 0.3) is 5.91 Å². The molecule has 24 heavy (non-hydrogen) atoms. The average Bonchev–Trinajstić information content (AvgIpc) is 3.13. The number of ether oxygens (including phenoxy) is 3. The van der Waals surface area contributed by atoms with Crippen LogP contribution in [-0.4, -0.2) is 60.8 Å². The van der Waals surface area contributed by atoms with Crippen molar-refractivity contribution in [3.63, 3.8) is 0 Å². The average molecular weight is 334 g/mol. The highest BCUT2D eigenvalue weighted by atomic mass is 16.5. The number of aromatic nitrogens is 1. The number of piperidine rings is 1. The fourth-order valence-corrected chi connectivity index (χ4v) is 3.11. The van der Waals surface area contributed by atoms with Crippen LogP contribution in [0.15, 0.2) is 18.3 Å². The second-order valence-corrected chi connectivity index (χ2v) is 6.02. The van der Waals surface area contributed by atoms with E-state index in [9.17, 15) is 9.59 Å². The Balaban J connectivity index is 1.74. The van der Waals surface area contributed by atoms with Gasteiger partial charge in [-0.3, -0.25) is 4.79 Å². The Hall–Kier alpha value is -2.15. The predicted octanol–water partition coefficient (Wildman–Crippen LogP) is 1.42. The first-order valence-corrected chi connectivity index (χ1v) is 8.28. The van der Waals surface area contributed by atoms with Crippen LogP contribution in [0.4, 0.5) is 0 Å². The van der Waals surface area contributed by atoms with Gasteiger partial charge in [0.2, 0.25) is 5.88 Å². The summed E-state index contributed by atoms with van der Waals surface area (Å²) < 4.78 is 15.9. The first kappa shape index (κ1) is 16.7. The lowest BCUT2D eigenvalue weighted by Gasteiger charge is -2.33. The molecule has 7 nitrogen and oxygen atoms in total. The second kappa shape index (κ2) is 7.61. The Morgan fingerprint density at radius 1 is 1.33 bits per heavy atom. The van der Waals surface area contributed by atoms with E-state index < -0.39 is 6.04 Å². The first-order valence-electron chi connectivity index (χ1n) is 8.28. The number of rotatable bonds is 4. The highest BCUT2D eigenvalue weighted by Crippen LogP contribution is 2.22. The fourth-order valence-electron chi connectivity index (χ4n) is 3.11. The molecule has 0 radical (unpaired) electrons. The highest BCUT2D eigenvalue weighted by molar-refractivity contribution is 5.97. The SMILES string of the molecule is COC(=O)C1CCCCN1C(=O)c1ccnc(OC2CCOC2)c1. The van der Waals surface area contributed by atoms with Crippen molar-refractivity contribution < 1.29 is 23.8 Å². The van der Waals surface area contributed by atoms with Gasteiger partial charge in [-0.25, -0.2) is 9.78 Å². The third kappa shape index (κ3) is 3.67. The molecule has 7 heteroatoms. The fraction of sp³-hybridized carbons (Fsp3) is 0.588. The maximum Gasteiger partial charge on any atom is 0.328 e. The van der Waals surface area contributed by atoms with Crippen LogP contribution in [0.2, 0.25) is 0 Å². The zero-order valence-corrected chi connectivity index (χ0v) is 13.8. The summed E-state index contributed by atoms with van der Waals surface area (Å²) in [4.78, 5) is 30.5. The summed E-state index contributed by atoms with van der Waals surface area (Å²) >= 11 is 0. The smallest absolute Gasteiger partial charge is 0.328 e. The van der Waals surface area contributed by atoms with E-state index in [1.165, 1.54) is 7.11 Å². The summed E-state index contributed by atoms with van der Waals surface area (Å²) in [5.74, 6) is -0.153. The van der Waals surface area contributed by atoms with Gasteiger partial charge in [-0.2, -0.15) is 0 Å². The molecule has 1 amide bonds. The Kier molecular flexibility index (Phi) is 5.30. The van der Waals surface area contributed by atoms with Crippen molar-refractivity contribution in [2.24, 2.45) is 0 Å². The Labute approximate surface area is 140 Å². The van der Waals surface area contributed by atoms with E-state index in [4.69, 9.17) is 14.2 Å². The molecular weight excluding hydrogens is 312 g/mol. The minimum absolute atomic E-state index is 0.0272. The minimum Gasteiger partial charge on any atom is -0.472 e. The Morgan fingerprint density at radius 3 is 2.96 bits per heavy atom. The summed E-state index contributed by atoms with van der Waals surface area (Å²) in [7, 11) is 1.35. The van der Waals surface area contributed by atoms with Crippen LogP contribution in [0.1, 0.15) is 36.0 Å². The van der Waals surface area contributed by atoms with Crippen LogP contribution in [-0.2, 0) is 14.3 Å². The molecule has 3 rings (SSSR count). The molecule has 2 aliphatic rings. The predicted molar refractivity (Wildman–Crippen MR) is 84.8 cm³/mol. The molecule has 0 bridgehead atoms. The summed E-state index contributed by atoms with van der Waals surface area (Å²) in [6, 6.07) is 2.75. The van der Waals surface area contributed by atoms with Gasteiger partial charge >= 0.3 is 5.97 Å². The molecule has 3 heterocycles. The van der Waals surface area contributed by atoms with E-state index in [-0.39, 0.29) is 18.0 Å². The first-order chi connectivity index (χ1) is 11.7. The normalized spacial score (nSPS) is 23.8. The third-order valence-electron chi connectivity index (χ3n) is 4.39. The molecular formula is C17H22N2O5. The number of pyridine rings is 1. The molecule has 2 saturated heterocycles. The van der Waals surface area contributed by atoms with Gasteiger partial charge in [0, 0.05) is 30.8 Å². The molecule has 0 aromatic carbocycles. The van der Waals surface area contributed by atoms with Crippen molar-refractivity contribution in [3.8, 4) is 5.88 Å². The summed E-state index contributed by atoms with van der Waals surface area (Å²) in [6.45, 7) is 1.77. The lowest BCUT2D eigenvalue weighted by Crippen LogP contribution is -2.48. The van der Waals surface area contributed by atoms with E-state index in [0.717, 1.165) is 19.3 Å². The Morgan fingerprint density at radius 2 is 2.21 bits per heavy atom. The standard InChI is InChI=1S/C17H22N2O5/c1-22-17(21)14-4-2-3-8-19(14)16(20)12-5-7-18-15(10-12)24-13-6-9-23-11-13/h5,7,10,13-14H,2-4,6,8-9,11H2,1H3. The zero-order valence-electron chi connectivity index (χ0n) is 13.8. The van der Waals surface area contributed by atoms with Gasteiger partial charge < -0.3 is 19.1 Å². The van der Waals surface area contributed by atoms with Crippen LogP contribution in [0.5, 0.6) is 5.88 Å². The monoisotopic (exact) mass is 334 g/mol. The van der Waals surface area contributed by atoms with Gasteiger partial charge in [0.1, 0.15) is 12.1 Å². The number of carbonyl (C=O) groups excluding carboxylic acids is 2. The van der Waals surface area contributed by atoms with E-state index in [1.54, 1.807) is 23.2 Å². The molecule has 0 saturated carbocycles. The molecule has 0 N–H and O–H groups in total. The second-order valence-electron chi connectivity index (χ2n) is 6.02.